The van der Waals surface area contributed by atoms with Crippen LogP contribution in [0.2, 0.25) is 0 Å². The van der Waals surface area contributed by atoms with Crippen molar-refractivity contribution in [3.63, 3.8) is 0 Å². The molecule has 2 rings (SSSR count). The molecule has 0 aromatic heterocycles. The van der Waals surface area contributed by atoms with E-state index in [1.807, 2.05) is 49.4 Å². The number of nitrogens with two attached hydrogens (primary N) is 1. The number of hydrogen-bond acceptors (Lipinski definition) is 2. The van der Waals surface area contributed by atoms with Gasteiger partial charge in [-0.1, -0.05) is 48.0 Å². The summed E-state index contributed by atoms with van der Waals surface area (Å²) in [5, 5.41) is 2.77. The highest BCUT2D eigenvalue weighted by atomic mass is 35.5. The van der Waals surface area contributed by atoms with Gasteiger partial charge in [-0.15, -0.1) is 12.4 Å². The summed E-state index contributed by atoms with van der Waals surface area (Å²) in [7, 11) is 0. The fraction of sp³-hybridized carbons (Fsp3) is 0.133. The summed E-state index contributed by atoms with van der Waals surface area (Å²) in [6.45, 7) is 1.98. The van der Waals surface area contributed by atoms with Gasteiger partial charge in [-0.05, 0) is 24.6 Å². The maximum atomic E-state index is 11.9. The molecule has 0 saturated carbocycles. The maximum absolute atomic E-state index is 11.9. The van der Waals surface area contributed by atoms with Crippen LogP contribution in [0.4, 0.5) is 0 Å². The Bertz CT molecular complexity index is 526. The van der Waals surface area contributed by atoms with Crippen molar-refractivity contribution in [2.24, 2.45) is 5.73 Å². The number of halogens is 1. The van der Waals surface area contributed by atoms with E-state index >= 15 is 0 Å². The molecular weight excluding hydrogens is 260 g/mol. The number of rotatable bonds is 3. The number of carbonyl (C=O) groups excluding carboxylic acids is 1. The van der Waals surface area contributed by atoms with E-state index in [0.29, 0.717) is 5.56 Å². The van der Waals surface area contributed by atoms with E-state index in [-0.39, 0.29) is 18.3 Å². The van der Waals surface area contributed by atoms with Crippen LogP contribution in [-0.4, -0.2) is 5.91 Å². The summed E-state index contributed by atoms with van der Waals surface area (Å²) in [6, 6.07) is 16.9. The first-order valence-corrected chi connectivity index (χ1v) is 5.85. The summed E-state index contributed by atoms with van der Waals surface area (Å²) in [4.78, 5) is 11.9. The minimum absolute atomic E-state index is 0. The summed E-state index contributed by atoms with van der Waals surface area (Å²) in [6.07, 6.45) is -0.486. The lowest BCUT2D eigenvalue weighted by molar-refractivity contribution is 0.0938. The molecule has 100 valence electrons. The highest BCUT2D eigenvalue weighted by molar-refractivity contribution is 5.94. The Hall–Kier alpha value is -1.84. The van der Waals surface area contributed by atoms with E-state index in [0.717, 1.165) is 11.1 Å². The molecule has 3 nitrogen and oxygen atoms in total. The smallest absolute Gasteiger partial charge is 0.252 e. The molecule has 0 spiro atoms. The number of carbonyl (C=O) groups is 1. The number of benzene rings is 2. The van der Waals surface area contributed by atoms with Crippen molar-refractivity contribution in [3.8, 4) is 0 Å². The average Bonchev–Trinajstić information content (AvgIpc) is 2.40. The lowest BCUT2D eigenvalue weighted by Gasteiger charge is -2.14. The van der Waals surface area contributed by atoms with Crippen LogP contribution in [0.1, 0.15) is 27.7 Å². The van der Waals surface area contributed by atoms with Crippen molar-refractivity contribution in [2.75, 3.05) is 0 Å². The van der Waals surface area contributed by atoms with E-state index in [4.69, 9.17) is 5.73 Å². The van der Waals surface area contributed by atoms with Gasteiger partial charge in [0.15, 0.2) is 0 Å². The third-order valence-corrected chi connectivity index (χ3v) is 2.76. The van der Waals surface area contributed by atoms with Gasteiger partial charge in [0, 0.05) is 5.56 Å². The van der Waals surface area contributed by atoms with Crippen molar-refractivity contribution >= 4 is 18.3 Å². The summed E-state index contributed by atoms with van der Waals surface area (Å²) in [5.41, 5.74) is 8.56. The lowest BCUT2D eigenvalue weighted by atomic mass is 10.1. The molecule has 0 heterocycles. The standard InChI is InChI=1S/C15H16N2O.ClH/c1-11-7-9-13(10-8-11)15(18)17-14(16)12-5-3-2-4-6-12;/h2-10,14H,16H2,1H3,(H,17,18);1H. The molecule has 0 radical (unpaired) electrons. The summed E-state index contributed by atoms with van der Waals surface area (Å²) >= 11 is 0. The summed E-state index contributed by atoms with van der Waals surface area (Å²) < 4.78 is 0. The largest absolute Gasteiger partial charge is 0.333 e. The zero-order valence-electron chi connectivity index (χ0n) is 10.7. The fourth-order valence-corrected chi connectivity index (χ4v) is 1.67. The molecule has 0 aliphatic heterocycles. The van der Waals surface area contributed by atoms with Crippen LogP contribution in [0.5, 0.6) is 0 Å². The molecule has 4 heteroatoms. The van der Waals surface area contributed by atoms with Crippen LogP contribution in [0.15, 0.2) is 54.6 Å². The molecule has 0 fully saturated rings. The van der Waals surface area contributed by atoms with Crippen molar-refractivity contribution in [2.45, 2.75) is 13.1 Å². The predicted molar refractivity (Wildman–Crippen MR) is 79.3 cm³/mol. The third-order valence-electron chi connectivity index (χ3n) is 2.76. The van der Waals surface area contributed by atoms with Crippen LogP contribution in [0.3, 0.4) is 0 Å². The molecule has 1 atom stereocenters. The molecule has 19 heavy (non-hydrogen) atoms. The van der Waals surface area contributed by atoms with Crippen LogP contribution in [-0.2, 0) is 0 Å². The summed E-state index contributed by atoms with van der Waals surface area (Å²) in [5.74, 6) is -0.161. The van der Waals surface area contributed by atoms with Crippen LogP contribution >= 0.6 is 12.4 Å². The van der Waals surface area contributed by atoms with Gasteiger partial charge in [-0.3, -0.25) is 4.79 Å². The SMILES string of the molecule is Cc1ccc(C(=O)NC(N)c2ccccc2)cc1.Cl. The first kappa shape index (κ1) is 15.2. The lowest BCUT2D eigenvalue weighted by Crippen LogP contribution is -2.33. The first-order valence-electron chi connectivity index (χ1n) is 5.85. The van der Waals surface area contributed by atoms with Crippen molar-refractivity contribution in [3.05, 3.63) is 71.3 Å². The van der Waals surface area contributed by atoms with Crippen molar-refractivity contribution in [1.29, 1.82) is 0 Å². The Labute approximate surface area is 119 Å². The molecule has 2 aromatic rings. The molecule has 2 aromatic carbocycles. The molecule has 0 aliphatic rings. The Morgan fingerprint density at radius 2 is 1.63 bits per heavy atom. The molecular formula is C15H17ClN2O. The minimum atomic E-state index is -0.486. The van der Waals surface area contributed by atoms with Gasteiger partial charge in [0.05, 0.1) is 0 Å². The van der Waals surface area contributed by atoms with Gasteiger partial charge in [0.25, 0.3) is 5.91 Å². The Morgan fingerprint density at radius 3 is 2.21 bits per heavy atom. The Morgan fingerprint density at radius 1 is 1.05 bits per heavy atom. The predicted octanol–water partition coefficient (Wildman–Crippen LogP) is 2.80. The zero-order chi connectivity index (χ0) is 13.0. The Balaban J connectivity index is 0.00000180. The highest BCUT2D eigenvalue weighted by Crippen LogP contribution is 2.08. The van der Waals surface area contributed by atoms with E-state index < -0.39 is 6.17 Å². The monoisotopic (exact) mass is 276 g/mol. The van der Waals surface area contributed by atoms with Gasteiger partial charge in [0.2, 0.25) is 0 Å². The molecule has 1 amide bonds. The average molecular weight is 277 g/mol. The number of hydrogen-bond donors (Lipinski definition) is 2. The van der Waals surface area contributed by atoms with Gasteiger partial charge in [-0.25, -0.2) is 0 Å². The molecule has 1 unspecified atom stereocenters. The van der Waals surface area contributed by atoms with Gasteiger partial charge < -0.3 is 11.1 Å². The first-order chi connectivity index (χ1) is 8.66. The Kier molecular flexibility index (Phi) is 5.55. The van der Waals surface area contributed by atoms with Crippen LogP contribution < -0.4 is 11.1 Å². The topological polar surface area (TPSA) is 55.1 Å². The maximum Gasteiger partial charge on any atom is 0.252 e. The quantitative estimate of drug-likeness (QED) is 0.847. The normalized spacial score (nSPS) is 11.3. The number of nitrogens with one attached hydrogen (secondary N) is 1. The molecule has 0 bridgehead atoms. The van der Waals surface area contributed by atoms with Crippen LogP contribution in [0, 0.1) is 6.92 Å². The zero-order valence-corrected chi connectivity index (χ0v) is 11.5. The van der Waals surface area contributed by atoms with Crippen molar-refractivity contribution in [1.82, 2.24) is 5.32 Å². The highest BCUT2D eigenvalue weighted by Gasteiger charge is 2.10. The van der Waals surface area contributed by atoms with E-state index in [2.05, 4.69) is 5.32 Å². The van der Waals surface area contributed by atoms with Gasteiger partial charge in [0.1, 0.15) is 6.17 Å². The van der Waals surface area contributed by atoms with Gasteiger partial charge in [-0.2, -0.15) is 0 Å². The minimum Gasteiger partial charge on any atom is -0.333 e. The number of amides is 1. The molecule has 0 saturated heterocycles. The van der Waals surface area contributed by atoms with Crippen LogP contribution in [0.25, 0.3) is 0 Å². The van der Waals surface area contributed by atoms with Crippen molar-refractivity contribution < 1.29 is 4.79 Å². The third kappa shape index (κ3) is 4.09. The van der Waals surface area contributed by atoms with Gasteiger partial charge >= 0.3 is 0 Å². The fourth-order valence-electron chi connectivity index (χ4n) is 1.67. The molecule has 3 N–H and O–H groups in total. The van der Waals surface area contributed by atoms with E-state index in [1.54, 1.807) is 12.1 Å². The molecule has 0 aliphatic carbocycles. The second-order valence-corrected chi connectivity index (χ2v) is 4.23. The van der Waals surface area contributed by atoms with E-state index in [1.165, 1.54) is 0 Å². The van der Waals surface area contributed by atoms with E-state index in [9.17, 15) is 4.79 Å². The number of aryl methyl sites for hydroxylation is 1. The second kappa shape index (κ2) is 6.92. The second-order valence-electron chi connectivity index (χ2n) is 4.23.